The molecule has 30 heavy (non-hydrogen) atoms. The number of rotatable bonds is 23. The van der Waals surface area contributed by atoms with Crippen LogP contribution in [-0.2, 0) is 9.22 Å². The van der Waals surface area contributed by atoms with Crippen LogP contribution in [-0.4, -0.2) is 14.3 Å². The van der Waals surface area contributed by atoms with Crippen molar-refractivity contribution in [2.75, 3.05) is 0 Å². The van der Waals surface area contributed by atoms with Crippen LogP contribution in [0.1, 0.15) is 143 Å². The van der Waals surface area contributed by atoms with Crippen molar-refractivity contribution in [3.05, 3.63) is 6.92 Å². The summed E-state index contributed by atoms with van der Waals surface area (Å²) in [4.78, 5) is 12.3. The van der Waals surface area contributed by atoms with Crippen LogP contribution in [0.25, 0.3) is 0 Å². The first-order valence-corrected chi connectivity index (χ1v) is 16.2. The van der Waals surface area contributed by atoms with Crippen molar-refractivity contribution in [2.45, 2.75) is 161 Å². The van der Waals surface area contributed by atoms with Gasteiger partial charge < -0.3 is 4.43 Å². The Morgan fingerprint density at radius 1 is 0.567 bits per heavy atom. The second-order valence-corrected chi connectivity index (χ2v) is 13.5. The summed E-state index contributed by atoms with van der Waals surface area (Å²) in [6, 6.07) is 3.57. The van der Waals surface area contributed by atoms with Crippen LogP contribution in [0, 0.1) is 6.92 Å². The maximum Gasteiger partial charge on any atom is 0.292 e. The molecule has 0 amide bonds. The highest BCUT2D eigenvalue weighted by atomic mass is 28.4. The summed E-state index contributed by atoms with van der Waals surface area (Å²) in [5.41, 5.74) is 0. The van der Waals surface area contributed by atoms with Gasteiger partial charge in [-0.1, -0.05) is 136 Å². The van der Waals surface area contributed by atoms with E-state index in [1.54, 1.807) is 0 Å². The number of hydrogen-bond acceptors (Lipinski definition) is 2. The van der Waals surface area contributed by atoms with Gasteiger partial charge in [0.05, 0.1) is 0 Å². The summed E-state index contributed by atoms with van der Waals surface area (Å²) < 4.78 is 6.31. The average Bonchev–Trinajstić information content (AvgIpc) is 2.75. The van der Waals surface area contributed by atoms with Gasteiger partial charge in [0.1, 0.15) is 0 Å². The van der Waals surface area contributed by atoms with Crippen LogP contribution in [0.2, 0.25) is 18.1 Å². The van der Waals surface area contributed by atoms with E-state index in [2.05, 4.69) is 27.7 Å². The number of hydrogen-bond donors (Lipinski definition) is 0. The first kappa shape index (κ1) is 29.7. The lowest BCUT2D eigenvalue weighted by molar-refractivity contribution is -0.134. The third kappa shape index (κ3) is 17.4. The molecule has 2 nitrogen and oxygen atoms in total. The Labute approximate surface area is 191 Å². The molecule has 0 saturated carbocycles. The first-order valence-electron chi connectivity index (χ1n) is 13.6. The van der Waals surface area contributed by atoms with E-state index < -0.39 is 8.32 Å². The van der Waals surface area contributed by atoms with Gasteiger partial charge in [0.25, 0.3) is 14.3 Å². The molecule has 0 rings (SSSR count). The van der Waals surface area contributed by atoms with Gasteiger partial charge in [0.2, 0.25) is 0 Å². The molecule has 0 aromatic rings. The lowest BCUT2D eigenvalue weighted by Gasteiger charge is -2.31. The lowest BCUT2D eigenvalue weighted by Crippen LogP contribution is -2.40. The van der Waals surface area contributed by atoms with Gasteiger partial charge in [-0.05, 0) is 25.1 Å². The largest absolute Gasteiger partial charge is 0.519 e. The van der Waals surface area contributed by atoms with Crippen molar-refractivity contribution in [3.63, 3.8) is 0 Å². The molecule has 0 saturated heterocycles. The molecule has 0 spiro atoms. The van der Waals surface area contributed by atoms with Crippen LogP contribution in [0.15, 0.2) is 0 Å². The first-order chi connectivity index (χ1) is 14.6. The average molecular weight is 440 g/mol. The van der Waals surface area contributed by atoms with E-state index in [4.69, 9.17) is 4.43 Å². The highest BCUT2D eigenvalue weighted by Crippen LogP contribution is 2.31. The van der Waals surface area contributed by atoms with Crippen molar-refractivity contribution < 1.29 is 9.22 Å². The third-order valence-electron chi connectivity index (χ3n) is 6.49. The van der Waals surface area contributed by atoms with E-state index in [0.717, 1.165) is 0 Å². The molecule has 0 N–H and O–H groups in total. The molecule has 0 aliphatic carbocycles. The van der Waals surface area contributed by atoms with Crippen LogP contribution in [0.3, 0.4) is 0 Å². The lowest BCUT2D eigenvalue weighted by atomic mass is 10.1. The molecular weight excluding hydrogens is 384 g/mol. The normalized spacial score (nSPS) is 11.7. The van der Waals surface area contributed by atoms with Crippen molar-refractivity contribution in [1.82, 2.24) is 0 Å². The van der Waals surface area contributed by atoms with Crippen LogP contribution in [0.5, 0.6) is 0 Å². The molecule has 0 aliphatic heterocycles. The zero-order chi connectivity index (χ0) is 22.3. The molecule has 0 fully saturated rings. The van der Waals surface area contributed by atoms with Gasteiger partial charge >= 0.3 is 0 Å². The summed E-state index contributed by atoms with van der Waals surface area (Å²) in [6.45, 7) is 10.6. The predicted octanol–water partition coefficient (Wildman–Crippen LogP) is 9.78. The molecule has 0 heterocycles. The van der Waals surface area contributed by atoms with Gasteiger partial charge in [-0.3, -0.25) is 4.79 Å². The van der Waals surface area contributed by atoms with Crippen molar-refractivity contribution in [3.8, 4) is 0 Å². The highest BCUT2D eigenvalue weighted by Gasteiger charge is 2.36. The Hall–Kier alpha value is -0.313. The summed E-state index contributed by atoms with van der Waals surface area (Å²) in [5, 5.41) is 0. The summed E-state index contributed by atoms with van der Waals surface area (Å²) >= 11 is 0. The standard InChI is InChI=1S/C27H55O2Si/c1-5-9-12-15-18-21-24-30(29-27(28)8-4,25-22-19-16-13-10-6-2)26-23-20-17-14-11-7-3/h4-26H2,1-3H3. The zero-order valence-electron chi connectivity index (χ0n) is 21.1. The molecule has 0 atom stereocenters. The van der Waals surface area contributed by atoms with Crippen LogP contribution >= 0.6 is 0 Å². The molecule has 0 bridgehead atoms. The zero-order valence-corrected chi connectivity index (χ0v) is 22.1. The molecule has 0 aromatic carbocycles. The van der Waals surface area contributed by atoms with E-state index in [1.165, 1.54) is 134 Å². The van der Waals surface area contributed by atoms with E-state index in [9.17, 15) is 4.79 Å². The summed E-state index contributed by atoms with van der Waals surface area (Å²) in [6.07, 6.45) is 24.1. The molecule has 0 aliphatic rings. The van der Waals surface area contributed by atoms with Gasteiger partial charge in [-0.2, -0.15) is 0 Å². The predicted molar refractivity (Wildman–Crippen MR) is 136 cm³/mol. The maximum atomic E-state index is 12.3. The Bertz CT molecular complexity index is 329. The Morgan fingerprint density at radius 2 is 0.867 bits per heavy atom. The third-order valence-corrected chi connectivity index (χ3v) is 10.9. The quantitative estimate of drug-likeness (QED) is 0.117. The number of carbonyl (C=O) groups is 1. The molecule has 179 valence electrons. The van der Waals surface area contributed by atoms with Crippen molar-refractivity contribution >= 4 is 14.3 Å². The van der Waals surface area contributed by atoms with Crippen molar-refractivity contribution in [1.29, 1.82) is 0 Å². The number of unbranched alkanes of at least 4 members (excludes halogenated alkanes) is 15. The Balaban J connectivity index is 4.72. The van der Waals surface area contributed by atoms with E-state index >= 15 is 0 Å². The SMILES string of the molecule is [CH2]CC(=O)O[Si](CCCCCCCC)(CCCCCCCC)CCCCCCCC. The smallest absolute Gasteiger partial charge is 0.292 e. The van der Waals surface area contributed by atoms with Crippen LogP contribution in [0.4, 0.5) is 0 Å². The highest BCUT2D eigenvalue weighted by molar-refractivity contribution is 6.75. The maximum absolute atomic E-state index is 12.3. The van der Waals surface area contributed by atoms with Gasteiger partial charge in [-0.25, -0.2) is 0 Å². The van der Waals surface area contributed by atoms with Gasteiger partial charge in [-0.15, -0.1) is 0 Å². The van der Waals surface area contributed by atoms with E-state index in [-0.39, 0.29) is 12.4 Å². The molecule has 0 unspecified atom stereocenters. The topological polar surface area (TPSA) is 26.3 Å². The summed E-state index contributed by atoms with van der Waals surface area (Å²) in [5.74, 6) is -0.0374. The molecule has 3 heteroatoms. The summed E-state index contributed by atoms with van der Waals surface area (Å²) in [7, 11) is -1.97. The van der Waals surface area contributed by atoms with E-state index in [1.807, 2.05) is 0 Å². The monoisotopic (exact) mass is 439 g/mol. The van der Waals surface area contributed by atoms with Crippen LogP contribution < -0.4 is 0 Å². The van der Waals surface area contributed by atoms with Crippen molar-refractivity contribution in [2.24, 2.45) is 0 Å². The molecular formula is C27H55O2Si. The van der Waals surface area contributed by atoms with Gasteiger partial charge in [0.15, 0.2) is 0 Å². The molecule has 0 aromatic heterocycles. The molecule has 1 radical (unpaired) electrons. The second-order valence-electron chi connectivity index (χ2n) is 9.46. The minimum Gasteiger partial charge on any atom is -0.519 e. The minimum atomic E-state index is -1.97. The number of carbonyl (C=O) groups excluding carboxylic acids is 1. The fraction of sp³-hybridized carbons (Fsp3) is 0.926. The Kier molecular flexibility index (Phi) is 21.7. The second kappa shape index (κ2) is 21.9. The Morgan fingerprint density at radius 3 is 1.17 bits per heavy atom. The fourth-order valence-electron chi connectivity index (χ4n) is 4.50. The minimum absolute atomic E-state index is 0.0374. The van der Waals surface area contributed by atoms with Gasteiger partial charge in [0, 0.05) is 6.42 Å². The van der Waals surface area contributed by atoms with E-state index in [0.29, 0.717) is 0 Å². The fourth-order valence-corrected chi connectivity index (χ4v) is 8.83.